The van der Waals surface area contributed by atoms with Gasteiger partial charge in [-0.15, -0.1) is 0 Å². The van der Waals surface area contributed by atoms with E-state index in [1.807, 2.05) is 0 Å². The van der Waals surface area contributed by atoms with Crippen molar-refractivity contribution in [3.8, 4) is 0 Å². The van der Waals surface area contributed by atoms with Gasteiger partial charge in [-0.3, -0.25) is 0 Å². The lowest BCUT2D eigenvalue weighted by Crippen LogP contribution is -1.94. The predicted molar refractivity (Wildman–Crippen MR) is 79.9 cm³/mol. The van der Waals surface area contributed by atoms with Crippen LogP contribution in [-0.2, 0) is 4.74 Å². The Morgan fingerprint density at radius 1 is 0.500 bits per heavy atom. The Balaban J connectivity index is 2.12. The van der Waals surface area contributed by atoms with Gasteiger partial charge in [-0.25, -0.2) is 0 Å². The number of hydrogen-bond acceptors (Lipinski definition) is 1. The molecule has 0 radical (unpaired) electrons. The van der Waals surface area contributed by atoms with Gasteiger partial charge in [0.05, 0.1) is 6.61 Å². The lowest BCUT2D eigenvalue weighted by atomic mass is 10.1. The molecule has 0 N–H and O–H groups in total. The molecule has 0 saturated heterocycles. The predicted octanol–water partition coefficient (Wildman–Crippen LogP) is 5.42. The second-order valence-electron chi connectivity index (χ2n) is 5.21. The normalized spacial score (nSPS) is 22.2. The number of hydrogen-bond donors (Lipinski definition) is 0. The van der Waals surface area contributed by atoms with Crippen LogP contribution in [0.5, 0.6) is 0 Å². The zero-order valence-electron chi connectivity index (χ0n) is 11.9. The van der Waals surface area contributed by atoms with E-state index in [4.69, 9.17) is 4.74 Å². The molecule has 0 atom stereocenters. The standard InChI is InChI=1S/C17H30O/c1-2-4-6-8-10-12-14-16-18-17-15-13-11-9-7-5-3-1/h2,4,13,15H,1,3,5-12,14,16-17H2. The first kappa shape index (κ1) is 15.5. The van der Waals surface area contributed by atoms with Crippen LogP contribution in [0.3, 0.4) is 0 Å². The average Bonchev–Trinajstić information content (AvgIpc) is 2.39. The van der Waals surface area contributed by atoms with Crippen LogP contribution in [-0.4, -0.2) is 13.2 Å². The molecule has 18 heavy (non-hydrogen) atoms. The van der Waals surface area contributed by atoms with Gasteiger partial charge in [0.15, 0.2) is 0 Å². The maximum absolute atomic E-state index is 5.58. The summed E-state index contributed by atoms with van der Waals surface area (Å²) >= 11 is 0. The molecule has 1 heteroatoms. The summed E-state index contributed by atoms with van der Waals surface area (Å²) in [5.41, 5.74) is 0. The molecule has 1 aliphatic heterocycles. The van der Waals surface area contributed by atoms with E-state index in [1.54, 1.807) is 0 Å². The monoisotopic (exact) mass is 250 g/mol. The van der Waals surface area contributed by atoms with E-state index in [2.05, 4.69) is 24.3 Å². The Morgan fingerprint density at radius 2 is 1.00 bits per heavy atom. The van der Waals surface area contributed by atoms with E-state index in [0.717, 1.165) is 13.2 Å². The van der Waals surface area contributed by atoms with Crippen LogP contribution in [0.25, 0.3) is 0 Å². The van der Waals surface area contributed by atoms with Crippen molar-refractivity contribution in [1.82, 2.24) is 0 Å². The third-order valence-electron chi connectivity index (χ3n) is 3.45. The van der Waals surface area contributed by atoms with Gasteiger partial charge in [0.2, 0.25) is 0 Å². The van der Waals surface area contributed by atoms with E-state index < -0.39 is 0 Å². The van der Waals surface area contributed by atoms with Gasteiger partial charge in [-0.05, 0) is 44.9 Å². The molecule has 0 unspecified atom stereocenters. The molecule has 1 rings (SSSR count). The smallest absolute Gasteiger partial charge is 0.0647 e. The van der Waals surface area contributed by atoms with Crippen LogP contribution in [0.1, 0.15) is 70.6 Å². The Bertz CT molecular complexity index is 194. The van der Waals surface area contributed by atoms with Gasteiger partial charge in [0, 0.05) is 6.61 Å². The van der Waals surface area contributed by atoms with Crippen LogP contribution in [0, 0.1) is 0 Å². The van der Waals surface area contributed by atoms with Gasteiger partial charge in [-0.2, -0.15) is 0 Å². The van der Waals surface area contributed by atoms with Crippen LogP contribution in [0.15, 0.2) is 24.3 Å². The molecule has 1 aliphatic rings. The van der Waals surface area contributed by atoms with E-state index >= 15 is 0 Å². The average molecular weight is 250 g/mol. The molecule has 0 fully saturated rings. The maximum atomic E-state index is 5.58. The SMILES string of the molecule is C1=CCCCCCCOCC=CCCCCCC1. The van der Waals surface area contributed by atoms with Gasteiger partial charge < -0.3 is 4.74 Å². The molecule has 0 aromatic carbocycles. The van der Waals surface area contributed by atoms with Crippen molar-refractivity contribution in [3.05, 3.63) is 24.3 Å². The van der Waals surface area contributed by atoms with Crippen LogP contribution >= 0.6 is 0 Å². The van der Waals surface area contributed by atoms with Crippen molar-refractivity contribution in [2.75, 3.05) is 13.2 Å². The lowest BCUT2D eigenvalue weighted by Gasteiger charge is -2.02. The van der Waals surface area contributed by atoms with Crippen LogP contribution in [0.4, 0.5) is 0 Å². The van der Waals surface area contributed by atoms with Gasteiger partial charge >= 0.3 is 0 Å². The first-order chi connectivity index (χ1) is 9.00. The quantitative estimate of drug-likeness (QED) is 0.522. The second-order valence-corrected chi connectivity index (χ2v) is 5.21. The lowest BCUT2D eigenvalue weighted by molar-refractivity contribution is 0.157. The minimum absolute atomic E-state index is 0.808. The third kappa shape index (κ3) is 10.6. The maximum Gasteiger partial charge on any atom is 0.0647 e. The molecule has 1 heterocycles. The summed E-state index contributed by atoms with van der Waals surface area (Å²) in [5, 5.41) is 0. The molecule has 0 spiro atoms. The fraction of sp³-hybridized carbons (Fsp3) is 0.765. The first-order valence-corrected chi connectivity index (χ1v) is 7.88. The van der Waals surface area contributed by atoms with Gasteiger partial charge in [0.1, 0.15) is 0 Å². The summed E-state index contributed by atoms with van der Waals surface area (Å²) in [4.78, 5) is 0. The van der Waals surface area contributed by atoms with Gasteiger partial charge in [0.25, 0.3) is 0 Å². The van der Waals surface area contributed by atoms with Crippen molar-refractivity contribution in [3.63, 3.8) is 0 Å². The Hall–Kier alpha value is -0.560. The molecular formula is C17H30O. The van der Waals surface area contributed by atoms with Crippen LogP contribution < -0.4 is 0 Å². The summed E-state index contributed by atoms with van der Waals surface area (Å²) in [6.45, 7) is 1.74. The molecule has 1 nitrogen and oxygen atoms in total. The summed E-state index contributed by atoms with van der Waals surface area (Å²) < 4.78 is 5.58. The highest BCUT2D eigenvalue weighted by Crippen LogP contribution is 2.08. The zero-order chi connectivity index (χ0) is 12.7. The van der Waals surface area contributed by atoms with E-state index in [9.17, 15) is 0 Å². The van der Waals surface area contributed by atoms with Crippen LogP contribution in [0.2, 0.25) is 0 Å². The van der Waals surface area contributed by atoms with Crippen molar-refractivity contribution < 1.29 is 4.74 Å². The summed E-state index contributed by atoms with van der Waals surface area (Å²) in [7, 11) is 0. The summed E-state index contributed by atoms with van der Waals surface area (Å²) in [6.07, 6.45) is 23.7. The minimum atomic E-state index is 0.808. The van der Waals surface area contributed by atoms with Crippen molar-refractivity contribution in [2.45, 2.75) is 70.6 Å². The number of ether oxygens (including phenoxy) is 1. The molecule has 0 aliphatic carbocycles. The van der Waals surface area contributed by atoms with Gasteiger partial charge in [-0.1, -0.05) is 50.0 Å². The highest BCUT2D eigenvalue weighted by atomic mass is 16.5. The number of allylic oxidation sites excluding steroid dienone is 3. The van der Waals surface area contributed by atoms with Crippen molar-refractivity contribution >= 4 is 0 Å². The molecule has 104 valence electrons. The molecule has 0 aromatic heterocycles. The highest BCUT2D eigenvalue weighted by molar-refractivity contribution is 4.82. The highest BCUT2D eigenvalue weighted by Gasteiger charge is 1.91. The van der Waals surface area contributed by atoms with E-state index in [0.29, 0.717) is 0 Å². The molecular weight excluding hydrogens is 220 g/mol. The Morgan fingerprint density at radius 3 is 1.61 bits per heavy atom. The fourth-order valence-corrected chi connectivity index (χ4v) is 2.27. The molecule has 0 saturated carbocycles. The van der Waals surface area contributed by atoms with Crippen molar-refractivity contribution in [2.24, 2.45) is 0 Å². The Kier molecular flexibility index (Phi) is 11.1. The van der Waals surface area contributed by atoms with E-state index in [-0.39, 0.29) is 0 Å². The molecule has 0 aromatic rings. The Labute approximate surface area is 113 Å². The topological polar surface area (TPSA) is 9.23 Å². The third-order valence-corrected chi connectivity index (χ3v) is 3.45. The molecule has 0 amide bonds. The molecule has 0 bridgehead atoms. The van der Waals surface area contributed by atoms with E-state index in [1.165, 1.54) is 70.6 Å². The summed E-state index contributed by atoms with van der Waals surface area (Å²) in [5.74, 6) is 0. The first-order valence-electron chi connectivity index (χ1n) is 7.88. The minimum Gasteiger partial charge on any atom is -0.377 e. The van der Waals surface area contributed by atoms with Crippen molar-refractivity contribution in [1.29, 1.82) is 0 Å². The number of rotatable bonds is 0. The zero-order valence-corrected chi connectivity index (χ0v) is 11.9. The summed E-state index contributed by atoms with van der Waals surface area (Å²) in [6, 6.07) is 0. The largest absolute Gasteiger partial charge is 0.377 e. The fourth-order valence-electron chi connectivity index (χ4n) is 2.27. The second kappa shape index (κ2) is 12.9.